The Morgan fingerprint density at radius 1 is 1.58 bits per heavy atom. The molecule has 0 radical (unpaired) electrons. The monoisotopic (exact) mass is 190 g/mol. The Hall–Kier alpha value is -1.04. The van der Waals surface area contributed by atoms with E-state index in [2.05, 4.69) is 17.6 Å². The van der Waals surface area contributed by atoms with Gasteiger partial charge in [-0.1, -0.05) is 13.3 Å². The number of nitrogens with zero attached hydrogens (tertiary/aromatic N) is 1. The number of carbonyl (C=O) groups excluding carboxylic acids is 1. The Bertz CT molecular complexity index is 173. The van der Waals surface area contributed by atoms with Gasteiger partial charge >= 0.3 is 6.03 Å². The highest BCUT2D eigenvalue weighted by molar-refractivity contribution is 7.80. The highest BCUT2D eigenvalue weighted by Gasteiger charge is 2.07. The Morgan fingerprint density at radius 3 is 2.50 bits per heavy atom. The van der Waals surface area contributed by atoms with Gasteiger partial charge in [0.1, 0.15) is 0 Å². The Kier molecular flexibility index (Phi) is 5.11. The molecule has 0 rings (SSSR count). The van der Waals surface area contributed by atoms with Crippen LogP contribution in [0.15, 0.2) is 0 Å². The van der Waals surface area contributed by atoms with Gasteiger partial charge in [-0.15, -0.1) is 0 Å². The van der Waals surface area contributed by atoms with Gasteiger partial charge in [0.2, 0.25) is 0 Å². The van der Waals surface area contributed by atoms with E-state index in [0.717, 1.165) is 12.8 Å². The molecule has 0 heterocycles. The zero-order chi connectivity index (χ0) is 9.56. The van der Waals surface area contributed by atoms with Crippen molar-refractivity contribution < 1.29 is 4.79 Å². The molecule has 70 valence electrons. The third-order valence-corrected chi connectivity index (χ3v) is 1.34. The predicted octanol–water partition coefficient (Wildman–Crippen LogP) is -0.0846. The topological polar surface area (TPSA) is 84.4 Å². The second kappa shape index (κ2) is 5.59. The smallest absolute Gasteiger partial charge is 0.333 e. The number of urea groups is 1. The van der Waals surface area contributed by atoms with Crippen LogP contribution in [0.1, 0.15) is 19.8 Å². The fraction of sp³-hybridized carbons (Fsp3) is 0.667. The van der Waals surface area contributed by atoms with Gasteiger partial charge in [0.05, 0.1) is 0 Å². The molecular weight excluding hydrogens is 176 g/mol. The largest absolute Gasteiger partial charge is 0.375 e. The number of hydrogen-bond acceptors (Lipinski definition) is 2. The lowest BCUT2D eigenvalue weighted by Crippen LogP contribution is -2.50. The van der Waals surface area contributed by atoms with Crippen molar-refractivity contribution in [2.45, 2.75) is 19.8 Å². The number of amides is 2. The molecule has 0 aromatic carbocycles. The molecule has 0 atom stereocenters. The van der Waals surface area contributed by atoms with Crippen LogP contribution < -0.4 is 16.9 Å². The summed E-state index contributed by atoms with van der Waals surface area (Å²) in [5, 5.41) is 1.25. The van der Waals surface area contributed by atoms with Crippen molar-refractivity contribution >= 4 is 23.4 Å². The molecule has 2 amide bonds. The SMILES string of the molecule is CCCCN(NC(N)=S)C(N)=O. The summed E-state index contributed by atoms with van der Waals surface area (Å²) >= 11 is 4.56. The first kappa shape index (κ1) is 11.0. The number of hydrazine groups is 1. The normalized spacial score (nSPS) is 9.08. The summed E-state index contributed by atoms with van der Waals surface area (Å²) < 4.78 is 0. The summed E-state index contributed by atoms with van der Waals surface area (Å²) in [6.45, 7) is 2.53. The first-order valence-corrected chi connectivity index (χ1v) is 4.11. The van der Waals surface area contributed by atoms with E-state index in [9.17, 15) is 4.79 Å². The maximum absolute atomic E-state index is 10.7. The first-order chi connectivity index (χ1) is 5.57. The molecule has 5 nitrogen and oxygen atoms in total. The van der Waals surface area contributed by atoms with E-state index in [-0.39, 0.29) is 5.11 Å². The fourth-order valence-corrected chi connectivity index (χ4v) is 0.781. The van der Waals surface area contributed by atoms with E-state index in [0.29, 0.717) is 6.54 Å². The van der Waals surface area contributed by atoms with Crippen molar-refractivity contribution in [3.8, 4) is 0 Å². The van der Waals surface area contributed by atoms with Crippen molar-refractivity contribution in [1.29, 1.82) is 0 Å². The van der Waals surface area contributed by atoms with E-state index < -0.39 is 6.03 Å². The molecule has 5 N–H and O–H groups in total. The van der Waals surface area contributed by atoms with E-state index >= 15 is 0 Å². The van der Waals surface area contributed by atoms with E-state index in [4.69, 9.17) is 11.5 Å². The molecule has 0 aliphatic heterocycles. The lowest BCUT2D eigenvalue weighted by molar-refractivity contribution is 0.195. The highest BCUT2D eigenvalue weighted by Crippen LogP contribution is 1.90. The van der Waals surface area contributed by atoms with Crippen molar-refractivity contribution in [1.82, 2.24) is 10.4 Å². The molecule has 6 heteroatoms. The van der Waals surface area contributed by atoms with E-state index in [1.54, 1.807) is 0 Å². The number of carbonyl (C=O) groups is 1. The first-order valence-electron chi connectivity index (χ1n) is 3.71. The number of nitrogens with two attached hydrogens (primary N) is 2. The number of rotatable bonds is 3. The second-order valence-electron chi connectivity index (χ2n) is 2.32. The van der Waals surface area contributed by atoms with Gasteiger partial charge < -0.3 is 11.5 Å². The number of thiocarbonyl (C=S) groups is 1. The third-order valence-electron chi connectivity index (χ3n) is 1.25. The van der Waals surface area contributed by atoms with Crippen LogP contribution in [0.3, 0.4) is 0 Å². The van der Waals surface area contributed by atoms with Gasteiger partial charge in [-0.3, -0.25) is 5.43 Å². The van der Waals surface area contributed by atoms with Gasteiger partial charge in [-0.25, -0.2) is 9.80 Å². The zero-order valence-corrected chi connectivity index (χ0v) is 7.86. The number of unbranched alkanes of at least 4 members (excludes halogenated alkanes) is 1. The van der Waals surface area contributed by atoms with Crippen molar-refractivity contribution in [2.75, 3.05) is 6.54 Å². The van der Waals surface area contributed by atoms with Gasteiger partial charge in [-0.2, -0.15) is 0 Å². The van der Waals surface area contributed by atoms with Gasteiger partial charge in [0, 0.05) is 6.54 Å². The lowest BCUT2D eigenvalue weighted by atomic mass is 10.3. The second-order valence-corrected chi connectivity index (χ2v) is 2.76. The summed E-state index contributed by atoms with van der Waals surface area (Å²) in [4.78, 5) is 10.7. The van der Waals surface area contributed by atoms with Crippen molar-refractivity contribution in [3.05, 3.63) is 0 Å². The lowest BCUT2D eigenvalue weighted by Gasteiger charge is -2.20. The van der Waals surface area contributed by atoms with Crippen molar-refractivity contribution in [2.24, 2.45) is 11.5 Å². The number of hydrogen-bond donors (Lipinski definition) is 3. The maximum atomic E-state index is 10.7. The quantitative estimate of drug-likeness (QED) is 0.429. The van der Waals surface area contributed by atoms with Crippen LogP contribution in [0, 0.1) is 0 Å². The maximum Gasteiger partial charge on any atom is 0.333 e. The molecule has 0 unspecified atom stereocenters. The Balaban J connectivity index is 3.87. The minimum atomic E-state index is -0.573. The molecule has 0 aromatic rings. The molecule has 0 aliphatic carbocycles. The molecular formula is C6H14N4OS. The average molecular weight is 190 g/mol. The van der Waals surface area contributed by atoms with Crippen LogP contribution >= 0.6 is 12.2 Å². The standard InChI is InChI=1S/C6H14N4OS/c1-2-3-4-10(6(8)11)9-5(7)12/h2-4H2,1H3,(H2,8,11)(H3,7,9,12). The molecule has 0 saturated heterocycles. The number of primary amides is 1. The summed E-state index contributed by atoms with van der Waals surface area (Å²) in [6.07, 6.45) is 1.83. The van der Waals surface area contributed by atoms with E-state index in [1.165, 1.54) is 5.01 Å². The molecule has 0 bridgehead atoms. The molecule has 0 fully saturated rings. The minimum Gasteiger partial charge on any atom is -0.375 e. The summed E-state index contributed by atoms with van der Waals surface area (Å²) in [5.74, 6) is 0. The van der Waals surface area contributed by atoms with Crippen LogP contribution in [-0.2, 0) is 0 Å². The van der Waals surface area contributed by atoms with E-state index in [1.807, 2.05) is 6.92 Å². The minimum absolute atomic E-state index is 0.0462. The molecule has 12 heavy (non-hydrogen) atoms. The Labute approximate surface area is 77.0 Å². The molecule has 0 saturated carbocycles. The van der Waals surface area contributed by atoms with Gasteiger partial charge in [-0.05, 0) is 18.6 Å². The highest BCUT2D eigenvalue weighted by atomic mass is 32.1. The van der Waals surface area contributed by atoms with Crippen LogP contribution in [0.25, 0.3) is 0 Å². The van der Waals surface area contributed by atoms with Crippen molar-refractivity contribution in [3.63, 3.8) is 0 Å². The zero-order valence-electron chi connectivity index (χ0n) is 7.04. The van der Waals surface area contributed by atoms with Gasteiger partial charge in [0.15, 0.2) is 5.11 Å². The molecule has 0 aliphatic rings. The number of nitrogens with one attached hydrogen (secondary N) is 1. The fourth-order valence-electron chi connectivity index (χ4n) is 0.670. The molecule has 0 aromatic heterocycles. The molecule has 0 spiro atoms. The van der Waals surface area contributed by atoms with Crippen LogP contribution in [0.4, 0.5) is 4.79 Å². The predicted molar refractivity (Wildman–Crippen MR) is 51.1 cm³/mol. The summed E-state index contributed by atoms with van der Waals surface area (Å²) in [6, 6.07) is -0.573. The average Bonchev–Trinajstić information content (AvgIpc) is 1.96. The summed E-state index contributed by atoms with van der Waals surface area (Å²) in [7, 11) is 0. The van der Waals surface area contributed by atoms with Crippen LogP contribution in [0.5, 0.6) is 0 Å². The van der Waals surface area contributed by atoms with Gasteiger partial charge in [0.25, 0.3) is 0 Å². The third kappa shape index (κ3) is 4.73. The van der Waals surface area contributed by atoms with Crippen LogP contribution in [0.2, 0.25) is 0 Å². The summed E-state index contributed by atoms with van der Waals surface area (Å²) in [5.41, 5.74) is 12.7. The Morgan fingerprint density at radius 2 is 2.17 bits per heavy atom. The van der Waals surface area contributed by atoms with Crippen LogP contribution in [-0.4, -0.2) is 22.7 Å².